The van der Waals surface area contributed by atoms with Gasteiger partial charge in [-0.05, 0) is 23.4 Å². The molecule has 1 amide bonds. The van der Waals surface area contributed by atoms with Crippen molar-refractivity contribution in [2.75, 3.05) is 5.32 Å². The largest absolute Gasteiger partial charge is 0.324 e. The van der Waals surface area contributed by atoms with E-state index in [-0.39, 0.29) is 18.1 Å². The number of nitrogens with one attached hydrogen (secondary N) is 1. The Hall–Kier alpha value is -2.84. The van der Waals surface area contributed by atoms with Crippen LogP contribution in [0.5, 0.6) is 0 Å². The highest BCUT2D eigenvalue weighted by Crippen LogP contribution is 2.22. The van der Waals surface area contributed by atoms with Gasteiger partial charge in [-0.25, -0.2) is 4.68 Å². The maximum absolute atomic E-state index is 11.6. The van der Waals surface area contributed by atoms with E-state index in [1.54, 1.807) is 19.1 Å². The summed E-state index contributed by atoms with van der Waals surface area (Å²) in [7, 11) is 0. The van der Waals surface area contributed by atoms with Gasteiger partial charge in [-0.1, -0.05) is 6.07 Å². The van der Waals surface area contributed by atoms with E-state index in [0.29, 0.717) is 11.3 Å². The summed E-state index contributed by atoms with van der Waals surface area (Å²) in [5, 5.41) is 23.7. The maximum Gasteiger partial charge on any atom is 0.274 e. The number of nitro benzene ring substituents is 1. The first-order valence-electron chi connectivity index (χ1n) is 5.32. The number of tetrazole rings is 1. The number of nitro groups is 1. The number of hydrogen-bond acceptors (Lipinski definition) is 6. The van der Waals surface area contributed by atoms with Gasteiger partial charge in [0.05, 0.1) is 4.92 Å². The van der Waals surface area contributed by atoms with E-state index in [0.717, 1.165) is 0 Å². The molecule has 1 aromatic carbocycles. The molecule has 0 aliphatic rings. The first kappa shape index (κ1) is 12.6. The summed E-state index contributed by atoms with van der Waals surface area (Å²) in [6.45, 7) is 1.57. The van der Waals surface area contributed by atoms with E-state index in [1.807, 2.05) is 0 Å². The highest BCUT2D eigenvalue weighted by molar-refractivity contribution is 5.90. The van der Waals surface area contributed by atoms with E-state index in [4.69, 9.17) is 0 Å². The summed E-state index contributed by atoms with van der Waals surface area (Å²) in [6.07, 6.45) is 1.30. The van der Waals surface area contributed by atoms with E-state index in [9.17, 15) is 14.9 Å². The predicted octanol–water partition coefficient (Wildman–Crippen LogP) is 0.528. The second-order valence-corrected chi connectivity index (χ2v) is 3.81. The number of carbonyl (C=O) groups excluding carboxylic acids is 1. The average Bonchev–Trinajstić information content (AvgIpc) is 2.84. The van der Waals surface area contributed by atoms with Crippen LogP contribution in [-0.4, -0.2) is 31.0 Å². The lowest BCUT2D eigenvalue weighted by molar-refractivity contribution is -0.385. The van der Waals surface area contributed by atoms with Crippen LogP contribution in [0.15, 0.2) is 24.5 Å². The Balaban J connectivity index is 2.09. The molecule has 2 aromatic rings. The van der Waals surface area contributed by atoms with Crippen LogP contribution in [0.25, 0.3) is 0 Å². The molecule has 1 heterocycles. The minimum absolute atomic E-state index is 0.0415. The number of rotatable bonds is 4. The summed E-state index contributed by atoms with van der Waals surface area (Å²) in [4.78, 5) is 21.9. The number of hydrogen-bond donors (Lipinski definition) is 1. The molecule has 0 unspecified atom stereocenters. The first-order chi connectivity index (χ1) is 9.06. The van der Waals surface area contributed by atoms with Crippen LogP contribution < -0.4 is 5.32 Å². The van der Waals surface area contributed by atoms with Gasteiger partial charge in [0.15, 0.2) is 0 Å². The smallest absolute Gasteiger partial charge is 0.274 e. The van der Waals surface area contributed by atoms with Gasteiger partial charge in [0.1, 0.15) is 12.9 Å². The average molecular weight is 262 g/mol. The second kappa shape index (κ2) is 5.21. The molecule has 0 saturated carbocycles. The lowest BCUT2D eigenvalue weighted by atomic mass is 10.2. The Morgan fingerprint density at radius 2 is 2.32 bits per heavy atom. The van der Waals surface area contributed by atoms with Crippen molar-refractivity contribution in [1.29, 1.82) is 0 Å². The normalized spacial score (nSPS) is 10.2. The van der Waals surface area contributed by atoms with E-state index < -0.39 is 4.92 Å². The zero-order valence-corrected chi connectivity index (χ0v) is 9.98. The summed E-state index contributed by atoms with van der Waals surface area (Å²) in [5.74, 6) is -0.370. The summed E-state index contributed by atoms with van der Waals surface area (Å²) in [6, 6.07) is 4.48. The summed E-state index contributed by atoms with van der Waals surface area (Å²) in [5.41, 5.74) is 0.846. The zero-order valence-electron chi connectivity index (χ0n) is 9.98. The maximum atomic E-state index is 11.6. The number of nitrogens with zero attached hydrogens (tertiary/aromatic N) is 5. The van der Waals surface area contributed by atoms with Crippen LogP contribution in [0.1, 0.15) is 5.56 Å². The van der Waals surface area contributed by atoms with Crippen molar-refractivity contribution < 1.29 is 9.72 Å². The SMILES string of the molecule is Cc1ccc(NC(=O)Cn2cnnn2)cc1[N+](=O)[O-]. The molecule has 0 saturated heterocycles. The van der Waals surface area contributed by atoms with E-state index in [1.165, 1.54) is 17.1 Å². The van der Waals surface area contributed by atoms with Crippen LogP contribution in [0.2, 0.25) is 0 Å². The van der Waals surface area contributed by atoms with Crippen LogP contribution in [-0.2, 0) is 11.3 Å². The fourth-order valence-corrected chi connectivity index (χ4v) is 1.48. The minimum atomic E-state index is -0.494. The molecule has 2 rings (SSSR count). The molecule has 0 aliphatic carbocycles. The lowest BCUT2D eigenvalue weighted by Crippen LogP contribution is -2.19. The number of aryl methyl sites for hydroxylation is 1. The van der Waals surface area contributed by atoms with Crippen LogP contribution >= 0.6 is 0 Å². The molecule has 0 spiro atoms. The number of anilines is 1. The molecule has 0 bridgehead atoms. The van der Waals surface area contributed by atoms with Gasteiger partial charge in [0, 0.05) is 17.3 Å². The van der Waals surface area contributed by atoms with Gasteiger partial charge >= 0.3 is 0 Å². The highest BCUT2D eigenvalue weighted by atomic mass is 16.6. The van der Waals surface area contributed by atoms with Crippen LogP contribution in [0, 0.1) is 17.0 Å². The van der Waals surface area contributed by atoms with Crippen molar-refractivity contribution in [3.63, 3.8) is 0 Å². The van der Waals surface area contributed by atoms with Crippen molar-refractivity contribution in [2.24, 2.45) is 0 Å². The number of carbonyl (C=O) groups is 1. The standard InChI is InChI=1S/C10H10N6O3/c1-7-2-3-8(4-9(7)16(18)19)12-10(17)5-15-6-11-13-14-15/h2-4,6H,5H2,1H3,(H,12,17). The summed E-state index contributed by atoms with van der Waals surface area (Å²) >= 11 is 0. The molecular weight excluding hydrogens is 252 g/mol. The second-order valence-electron chi connectivity index (χ2n) is 3.81. The van der Waals surface area contributed by atoms with Crippen molar-refractivity contribution >= 4 is 17.3 Å². The van der Waals surface area contributed by atoms with E-state index >= 15 is 0 Å². The first-order valence-corrected chi connectivity index (χ1v) is 5.32. The molecular formula is C10H10N6O3. The number of benzene rings is 1. The molecule has 1 N–H and O–H groups in total. The quantitative estimate of drug-likeness (QED) is 0.634. The zero-order chi connectivity index (χ0) is 13.8. The third kappa shape index (κ3) is 3.09. The Morgan fingerprint density at radius 1 is 1.53 bits per heavy atom. The molecule has 0 fully saturated rings. The van der Waals surface area contributed by atoms with Crippen molar-refractivity contribution in [1.82, 2.24) is 20.2 Å². The molecule has 98 valence electrons. The lowest BCUT2D eigenvalue weighted by Gasteiger charge is -2.05. The summed E-state index contributed by atoms with van der Waals surface area (Å²) < 4.78 is 1.25. The highest BCUT2D eigenvalue weighted by Gasteiger charge is 2.12. The molecule has 1 aromatic heterocycles. The fraction of sp³-hybridized carbons (Fsp3) is 0.200. The van der Waals surface area contributed by atoms with Gasteiger partial charge in [-0.3, -0.25) is 14.9 Å². The molecule has 0 aliphatic heterocycles. The third-order valence-corrected chi connectivity index (χ3v) is 2.39. The topological polar surface area (TPSA) is 116 Å². The Morgan fingerprint density at radius 3 is 2.95 bits per heavy atom. The Labute approximate surface area is 107 Å². The molecule has 19 heavy (non-hydrogen) atoms. The van der Waals surface area contributed by atoms with Gasteiger partial charge in [0.2, 0.25) is 5.91 Å². The number of amides is 1. The van der Waals surface area contributed by atoms with Gasteiger partial charge in [0.25, 0.3) is 5.69 Å². The fourth-order valence-electron chi connectivity index (χ4n) is 1.48. The van der Waals surface area contributed by atoms with E-state index in [2.05, 4.69) is 20.8 Å². The van der Waals surface area contributed by atoms with Crippen LogP contribution in [0.3, 0.4) is 0 Å². The predicted molar refractivity (Wildman–Crippen MR) is 64.3 cm³/mol. The van der Waals surface area contributed by atoms with Crippen molar-refractivity contribution in [2.45, 2.75) is 13.5 Å². The molecule has 0 atom stereocenters. The molecule has 0 radical (unpaired) electrons. The molecule has 9 nitrogen and oxygen atoms in total. The van der Waals surface area contributed by atoms with Gasteiger partial charge in [-0.2, -0.15) is 0 Å². The molecule has 9 heteroatoms. The Kier molecular flexibility index (Phi) is 3.46. The third-order valence-electron chi connectivity index (χ3n) is 2.39. The van der Waals surface area contributed by atoms with Crippen molar-refractivity contribution in [3.05, 3.63) is 40.2 Å². The monoisotopic (exact) mass is 262 g/mol. The van der Waals surface area contributed by atoms with Gasteiger partial charge in [-0.15, -0.1) is 5.10 Å². The van der Waals surface area contributed by atoms with Crippen LogP contribution in [0.4, 0.5) is 11.4 Å². The Bertz CT molecular complexity index is 610. The number of aromatic nitrogens is 4. The van der Waals surface area contributed by atoms with Gasteiger partial charge < -0.3 is 5.32 Å². The minimum Gasteiger partial charge on any atom is -0.324 e. The van der Waals surface area contributed by atoms with Crippen molar-refractivity contribution in [3.8, 4) is 0 Å².